The number of anilines is 3. The molecule has 1 aromatic carbocycles. The lowest BCUT2D eigenvalue weighted by molar-refractivity contribution is -0.114. The van der Waals surface area contributed by atoms with Gasteiger partial charge in [0.15, 0.2) is 5.13 Å². The molecule has 2 aromatic rings. The summed E-state index contributed by atoms with van der Waals surface area (Å²) in [5.41, 5.74) is 8.22. The molecule has 94 valence electrons. The monoisotopic (exact) mass is 262 g/mol. The van der Waals surface area contributed by atoms with Crippen molar-refractivity contribution in [3.8, 4) is 0 Å². The summed E-state index contributed by atoms with van der Waals surface area (Å²) in [5, 5.41) is 8.45. The van der Waals surface area contributed by atoms with Crippen LogP contribution in [-0.4, -0.2) is 10.9 Å². The second kappa shape index (κ2) is 5.50. The van der Waals surface area contributed by atoms with Gasteiger partial charge in [-0.25, -0.2) is 4.98 Å². The first-order valence-electron chi connectivity index (χ1n) is 5.45. The normalized spacial score (nSPS) is 10.1. The van der Waals surface area contributed by atoms with Gasteiger partial charge in [0.25, 0.3) is 0 Å². The zero-order chi connectivity index (χ0) is 13.0. The Kier molecular flexibility index (Phi) is 3.78. The van der Waals surface area contributed by atoms with E-state index in [1.54, 1.807) is 0 Å². The Balaban J connectivity index is 1.92. The average molecular weight is 262 g/mol. The van der Waals surface area contributed by atoms with Gasteiger partial charge in [-0.1, -0.05) is 0 Å². The summed E-state index contributed by atoms with van der Waals surface area (Å²) in [6.07, 6.45) is 0. The maximum atomic E-state index is 10.9. The Bertz CT molecular complexity index is 535. The highest BCUT2D eigenvalue weighted by atomic mass is 32.1. The van der Waals surface area contributed by atoms with E-state index >= 15 is 0 Å². The van der Waals surface area contributed by atoms with Gasteiger partial charge in [0.05, 0.1) is 12.2 Å². The van der Waals surface area contributed by atoms with Gasteiger partial charge in [0.1, 0.15) is 0 Å². The summed E-state index contributed by atoms with van der Waals surface area (Å²) in [4.78, 5) is 15.0. The molecule has 1 amide bonds. The van der Waals surface area contributed by atoms with Gasteiger partial charge < -0.3 is 16.4 Å². The van der Waals surface area contributed by atoms with E-state index in [4.69, 9.17) is 5.73 Å². The minimum atomic E-state index is -0.0753. The van der Waals surface area contributed by atoms with Crippen molar-refractivity contribution >= 4 is 33.8 Å². The van der Waals surface area contributed by atoms with Crippen LogP contribution in [0.25, 0.3) is 0 Å². The van der Waals surface area contributed by atoms with E-state index in [1.807, 2.05) is 29.6 Å². The molecule has 0 saturated heterocycles. The molecule has 0 unspecified atom stereocenters. The number of amides is 1. The molecule has 0 aliphatic heterocycles. The van der Waals surface area contributed by atoms with E-state index in [0.717, 1.165) is 17.1 Å². The van der Waals surface area contributed by atoms with Crippen molar-refractivity contribution < 1.29 is 4.79 Å². The van der Waals surface area contributed by atoms with Gasteiger partial charge in [0.2, 0.25) is 5.91 Å². The van der Waals surface area contributed by atoms with Crippen LogP contribution in [0.4, 0.5) is 16.5 Å². The van der Waals surface area contributed by atoms with Crippen LogP contribution in [-0.2, 0) is 11.3 Å². The highest BCUT2D eigenvalue weighted by molar-refractivity contribution is 7.13. The fraction of sp³-hybridized carbons (Fsp3) is 0.167. The van der Waals surface area contributed by atoms with E-state index in [0.29, 0.717) is 11.7 Å². The standard InChI is InChI=1S/C12H14N4OS/c1-8(17)15-10-4-2-9(3-5-10)14-6-11-7-18-12(13)16-11/h2-5,7,14H,6H2,1H3,(H2,13,16)(H,15,17). The van der Waals surface area contributed by atoms with Gasteiger partial charge in [-0.2, -0.15) is 0 Å². The van der Waals surface area contributed by atoms with Crippen LogP contribution < -0.4 is 16.4 Å². The van der Waals surface area contributed by atoms with Crippen LogP contribution in [0.5, 0.6) is 0 Å². The Hall–Kier alpha value is -2.08. The molecule has 0 fully saturated rings. The molecule has 0 atom stereocenters. The number of benzene rings is 1. The first-order valence-corrected chi connectivity index (χ1v) is 6.33. The average Bonchev–Trinajstić information content (AvgIpc) is 2.74. The van der Waals surface area contributed by atoms with Crippen LogP contribution >= 0.6 is 11.3 Å². The Morgan fingerprint density at radius 1 is 1.33 bits per heavy atom. The number of carbonyl (C=O) groups excluding carboxylic acids is 1. The third-order valence-corrected chi connectivity index (χ3v) is 2.97. The zero-order valence-corrected chi connectivity index (χ0v) is 10.8. The number of carbonyl (C=O) groups is 1. The van der Waals surface area contributed by atoms with Crippen LogP contribution in [0.15, 0.2) is 29.6 Å². The number of thiazole rings is 1. The largest absolute Gasteiger partial charge is 0.379 e. The molecule has 0 spiro atoms. The second-order valence-corrected chi connectivity index (χ2v) is 4.68. The number of aromatic nitrogens is 1. The number of hydrogen-bond acceptors (Lipinski definition) is 5. The van der Waals surface area contributed by atoms with Gasteiger partial charge in [-0.3, -0.25) is 4.79 Å². The molecule has 0 aliphatic carbocycles. The number of hydrogen-bond donors (Lipinski definition) is 3. The number of nitrogen functional groups attached to an aromatic ring is 1. The molecule has 5 nitrogen and oxygen atoms in total. The lowest BCUT2D eigenvalue weighted by Crippen LogP contribution is -2.05. The van der Waals surface area contributed by atoms with Crippen molar-refractivity contribution in [3.05, 3.63) is 35.3 Å². The molecule has 0 aliphatic rings. The van der Waals surface area contributed by atoms with Gasteiger partial charge in [-0.15, -0.1) is 11.3 Å². The quantitative estimate of drug-likeness (QED) is 0.789. The number of nitrogens with one attached hydrogen (secondary N) is 2. The fourth-order valence-electron chi connectivity index (χ4n) is 1.47. The van der Waals surface area contributed by atoms with Gasteiger partial charge in [0, 0.05) is 23.7 Å². The Labute approximate surface area is 109 Å². The van der Waals surface area contributed by atoms with E-state index in [2.05, 4.69) is 15.6 Å². The first kappa shape index (κ1) is 12.4. The third-order valence-electron chi connectivity index (χ3n) is 2.25. The van der Waals surface area contributed by atoms with Crippen molar-refractivity contribution in [1.82, 2.24) is 4.98 Å². The zero-order valence-electron chi connectivity index (χ0n) is 9.93. The fourth-order valence-corrected chi connectivity index (χ4v) is 2.03. The van der Waals surface area contributed by atoms with E-state index in [1.165, 1.54) is 18.3 Å². The molecule has 0 radical (unpaired) electrons. The molecule has 1 aromatic heterocycles. The molecule has 6 heteroatoms. The summed E-state index contributed by atoms with van der Waals surface area (Å²) >= 11 is 1.43. The van der Waals surface area contributed by atoms with Gasteiger partial charge >= 0.3 is 0 Å². The van der Waals surface area contributed by atoms with E-state index < -0.39 is 0 Å². The lowest BCUT2D eigenvalue weighted by atomic mass is 10.2. The highest BCUT2D eigenvalue weighted by Gasteiger charge is 1.99. The molecule has 18 heavy (non-hydrogen) atoms. The minimum absolute atomic E-state index is 0.0753. The SMILES string of the molecule is CC(=O)Nc1ccc(NCc2csc(N)n2)cc1. The molecule has 2 rings (SSSR count). The molecule has 0 bridgehead atoms. The molecule has 4 N–H and O–H groups in total. The van der Waals surface area contributed by atoms with Crippen LogP contribution in [0.1, 0.15) is 12.6 Å². The molecule has 0 saturated carbocycles. The number of nitrogens with zero attached hydrogens (tertiary/aromatic N) is 1. The maximum Gasteiger partial charge on any atom is 0.221 e. The number of nitrogens with two attached hydrogens (primary N) is 1. The van der Waals surface area contributed by atoms with Gasteiger partial charge in [-0.05, 0) is 24.3 Å². The highest BCUT2D eigenvalue weighted by Crippen LogP contribution is 2.16. The predicted octanol–water partition coefficient (Wildman–Crippen LogP) is 2.30. The molecule has 1 heterocycles. The summed E-state index contributed by atoms with van der Waals surface area (Å²) in [6.45, 7) is 2.12. The number of rotatable bonds is 4. The van der Waals surface area contributed by atoms with Crippen LogP contribution in [0.2, 0.25) is 0 Å². The summed E-state index contributed by atoms with van der Waals surface area (Å²) in [5.74, 6) is -0.0753. The van der Waals surface area contributed by atoms with Crippen LogP contribution in [0.3, 0.4) is 0 Å². The molecular weight excluding hydrogens is 248 g/mol. The summed E-state index contributed by atoms with van der Waals surface area (Å²) in [7, 11) is 0. The predicted molar refractivity (Wildman–Crippen MR) is 74.6 cm³/mol. The van der Waals surface area contributed by atoms with Crippen molar-refractivity contribution in [3.63, 3.8) is 0 Å². The van der Waals surface area contributed by atoms with E-state index in [9.17, 15) is 4.79 Å². The molecular formula is C12H14N4OS. The topological polar surface area (TPSA) is 80.0 Å². The smallest absolute Gasteiger partial charge is 0.221 e. The first-order chi connectivity index (χ1) is 8.63. The third kappa shape index (κ3) is 3.46. The summed E-state index contributed by atoms with van der Waals surface area (Å²) in [6, 6.07) is 7.50. The van der Waals surface area contributed by atoms with Crippen molar-refractivity contribution in [2.45, 2.75) is 13.5 Å². The second-order valence-electron chi connectivity index (χ2n) is 3.79. The van der Waals surface area contributed by atoms with Crippen LogP contribution in [0, 0.1) is 0 Å². The summed E-state index contributed by atoms with van der Waals surface area (Å²) < 4.78 is 0. The maximum absolute atomic E-state index is 10.9. The minimum Gasteiger partial charge on any atom is -0.379 e. The Morgan fingerprint density at radius 3 is 2.56 bits per heavy atom. The van der Waals surface area contributed by atoms with E-state index in [-0.39, 0.29) is 5.91 Å². The van der Waals surface area contributed by atoms with Crippen molar-refractivity contribution in [2.75, 3.05) is 16.4 Å². The van der Waals surface area contributed by atoms with Crippen molar-refractivity contribution in [2.24, 2.45) is 0 Å². The lowest BCUT2D eigenvalue weighted by Gasteiger charge is -2.06. The Morgan fingerprint density at radius 2 is 2.00 bits per heavy atom. The van der Waals surface area contributed by atoms with Crippen molar-refractivity contribution in [1.29, 1.82) is 0 Å².